The normalized spacial score (nSPS) is 16.8. The molecule has 1 aliphatic rings. The summed E-state index contributed by atoms with van der Waals surface area (Å²) in [5.41, 5.74) is 1.28. The van der Waals surface area contributed by atoms with Crippen LogP contribution in [0.15, 0.2) is 27.6 Å². The van der Waals surface area contributed by atoms with E-state index in [4.69, 9.17) is 4.99 Å². The fourth-order valence-electron chi connectivity index (χ4n) is 3.02. The van der Waals surface area contributed by atoms with Crippen molar-refractivity contribution in [2.24, 2.45) is 16.0 Å². The van der Waals surface area contributed by atoms with Crippen LogP contribution in [0.25, 0.3) is 0 Å². The van der Waals surface area contributed by atoms with Gasteiger partial charge in [-0.2, -0.15) is 5.10 Å². The van der Waals surface area contributed by atoms with Gasteiger partial charge in [-0.3, -0.25) is 4.99 Å². The molecule has 25 heavy (non-hydrogen) atoms. The van der Waals surface area contributed by atoms with Gasteiger partial charge in [0, 0.05) is 17.5 Å². The Hall–Kier alpha value is -2.28. The molecular weight excluding hydrogens is 338 g/mol. The number of hydrogen-bond acceptors (Lipinski definition) is 6. The molecule has 0 radical (unpaired) electrons. The van der Waals surface area contributed by atoms with E-state index in [2.05, 4.69) is 5.10 Å². The monoisotopic (exact) mass is 361 g/mol. The number of aromatic nitrogens is 1. The third-order valence-electron chi connectivity index (χ3n) is 4.53. The van der Waals surface area contributed by atoms with Gasteiger partial charge < -0.3 is 15.3 Å². The summed E-state index contributed by atoms with van der Waals surface area (Å²) in [4.78, 5) is 5.55. The van der Waals surface area contributed by atoms with E-state index in [0.717, 1.165) is 17.0 Å². The average Bonchev–Trinajstić information content (AvgIpc) is 2.98. The van der Waals surface area contributed by atoms with Crippen LogP contribution < -0.4 is 4.80 Å². The molecule has 3 rings (SSSR count). The van der Waals surface area contributed by atoms with Crippen LogP contribution in [0.4, 0.5) is 0 Å². The maximum Gasteiger partial charge on any atom is 0.205 e. The first-order valence-electron chi connectivity index (χ1n) is 8.52. The molecular formula is C18H23N3O3S. The smallest absolute Gasteiger partial charge is 0.205 e. The van der Waals surface area contributed by atoms with Crippen molar-refractivity contribution in [2.75, 3.05) is 6.54 Å². The highest BCUT2D eigenvalue weighted by atomic mass is 32.1. The Balaban J connectivity index is 1.83. The van der Waals surface area contributed by atoms with Gasteiger partial charge in [0.1, 0.15) is 0 Å². The molecule has 1 fully saturated rings. The van der Waals surface area contributed by atoms with Crippen LogP contribution in [0.1, 0.15) is 43.4 Å². The Labute approximate surface area is 150 Å². The van der Waals surface area contributed by atoms with Gasteiger partial charge in [0.25, 0.3) is 0 Å². The zero-order valence-electron chi connectivity index (χ0n) is 14.2. The Bertz CT molecular complexity index is 833. The second-order valence-electron chi connectivity index (χ2n) is 6.43. The van der Waals surface area contributed by atoms with E-state index in [1.54, 1.807) is 16.0 Å². The first-order chi connectivity index (χ1) is 12.1. The fourth-order valence-corrected chi connectivity index (χ4v) is 3.83. The summed E-state index contributed by atoms with van der Waals surface area (Å²) in [5.74, 6) is -0.639. The minimum atomic E-state index is -0.543. The number of aryl methyl sites for hydroxylation is 1. The number of thiazole rings is 1. The fraction of sp³-hybridized carbons (Fsp3) is 0.444. The standard InChI is InChI=1S/C18H23N3O3S/c1-12-11-25-18(19-9-13-5-3-2-4-6-13)21(12)20-10-14-7-8-15(22)17(24)16(14)23/h7-8,10-11,13,22-24H,2-6,9H2,1H3/b19-18-,20-10+. The van der Waals surface area contributed by atoms with E-state index in [9.17, 15) is 15.3 Å². The average molecular weight is 361 g/mol. The number of phenolic OH excluding ortho intramolecular Hbond substituents is 3. The molecule has 2 aromatic rings. The molecule has 1 saturated carbocycles. The molecule has 0 aliphatic heterocycles. The largest absolute Gasteiger partial charge is 0.504 e. The molecule has 3 N–H and O–H groups in total. The van der Waals surface area contributed by atoms with Crippen molar-refractivity contribution in [1.29, 1.82) is 0 Å². The highest BCUT2D eigenvalue weighted by Gasteiger charge is 2.13. The first-order valence-corrected chi connectivity index (χ1v) is 9.40. The second-order valence-corrected chi connectivity index (χ2v) is 7.27. The molecule has 134 valence electrons. The van der Waals surface area contributed by atoms with Crippen LogP contribution in [0.3, 0.4) is 0 Å². The van der Waals surface area contributed by atoms with Gasteiger partial charge in [0.05, 0.1) is 11.9 Å². The molecule has 6 nitrogen and oxygen atoms in total. The van der Waals surface area contributed by atoms with Gasteiger partial charge in [-0.1, -0.05) is 19.3 Å². The number of nitrogens with zero attached hydrogens (tertiary/aromatic N) is 3. The van der Waals surface area contributed by atoms with Crippen LogP contribution in [-0.2, 0) is 0 Å². The van der Waals surface area contributed by atoms with E-state index < -0.39 is 11.5 Å². The third-order valence-corrected chi connectivity index (χ3v) is 5.50. The Kier molecular flexibility index (Phi) is 5.43. The SMILES string of the molecule is Cc1cs/c(=N\CC2CCCCC2)n1/N=C/c1ccc(O)c(O)c1O. The molecule has 7 heteroatoms. The van der Waals surface area contributed by atoms with Crippen LogP contribution in [0.5, 0.6) is 17.2 Å². The lowest BCUT2D eigenvalue weighted by molar-refractivity contribution is 0.364. The summed E-state index contributed by atoms with van der Waals surface area (Å²) in [6, 6.07) is 2.81. The van der Waals surface area contributed by atoms with Gasteiger partial charge in [0.15, 0.2) is 11.5 Å². The van der Waals surface area contributed by atoms with Crippen molar-refractivity contribution < 1.29 is 15.3 Å². The molecule has 0 unspecified atom stereocenters. The van der Waals surface area contributed by atoms with Gasteiger partial charge in [0.2, 0.25) is 10.6 Å². The van der Waals surface area contributed by atoms with E-state index in [1.807, 2.05) is 12.3 Å². The van der Waals surface area contributed by atoms with Crippen molar-refractivity contribution in [3.63, 3.8) is 0 Å². The van der Waals surface area contributed by atoms with Crippen molar-refractivity contribution >= 4 is 17.6 Å². The number of phenols is 3. The number of aromatic hydroxyl groups is 3. The van der Waals surface area contributed by atoms with Gasteiger partial charge in [-0.15, -0.1) is 11.3 Å². The molecule has 0 bridgehead atoms. The second kappa shape index (κ2) is 7.74. The lowest BCUT2D eigenvalue weighted by Gasteiger charge is -2.18. The summed E-state index contributed by atoms with van der Waals surface area (Å²) in [6.07, 6.45) is 7.88. The predicted molar refractivity (Wildman–Crippen MR) is 98.5 cm³/mol. The first kappa shape index (κ1) is 17.5. The Morgan fingerprint density at radius 1 is 1.16 bits per heavy atom. The molecule has 1 aliphatic carbocycles. The van der Waals surface area contributed by atoms with Gasteiger partial charge >= 0.3 is 0 Å². The zero-order valence-corrected chi connectivity index (χ0v) is 15.0. The van der Waals surface area contributed by atoms with Crippen molar-refractivity contribution in [3.8, 4) is 17.2 Å². The van der Waals surface area contributed by atoms with E-state index in [1.165, 1.54) is 50.5 Å². The summed E-state index contributed by atoms with van der Waals surface area (Å²) in [5, 5.41) is 35.2. The third kappa shape index (κ3) is 4.04. The Morgan fingerprint density at radius 3 is 2.68 bits per heavy atom. The molecule has 0 saturated heterocycles. The molecule has 1 aromatic carbocycles. The minimum Gasteiger partial charge on any atom is -0.504 e. The molecule has 0 atom stereocenters. The van der Waals surface area contributed by atoms with Gasteiger partial charge in [-0.25, -0.2) is 4.68 Å². The number of hydrogen-bond donors (Lipinski definition) is 3. The van der Waals surface area contributed by atoms with Crippen LogP contribution >= 0.6 is 11.3 Å². The van der Waals surface area contributed by atoms with Gasteiger partial charge in [-0.05, 0) is 37.8 Å². The summed E-state index contributed by atoms with van der Waals surface area (Å²) in [7, 11) is 0. The summed E-state index contributed by atoms with van der Waals surface area (Å²) in [6.45, 7) is 2.77. The number of benzene rings is 1. The summed E-state index contributed by atoms with van der Waals surface area (Å²) >= 11 is 1.54. The quantitative estimate of drug-likeness (QED) is 0.576. The predicted octanol–water partition coefficient (Wildman–Crippen LogP) is 3.34. The lowest BCUT2D eigenvalue weighted by Crippen LogP contribution is -2.16. The van der Waals surface area contributed by atoms with Crippen molar-refractivity contribution in [1.82, 2.24) is 4.68 Å². The van der Waals surface area contributed by atoms with Crippen LogP contribution in [0, 0.1) is 12.8 Å². The van der Waals surface area contributed by atoms with Crippen LogP contribution in [0.2, 0.25) is 0 Å². The molecule has 0 spiro atoms. The summed E-state index contributed by atoms with van der Waals surface area (Å²) < 4.78 is 1.73. The van der Waals surface area contributed by atoms with E-state index in [-0.39, 0.29) is 5.75 Å². The lowest BCUT2D eigenvalue weighted by atomic mass is 9.89. The molecule has 0 amide bonds. The van der Waals surface area contributed by atoms with E-state index >= 15 is 0 Å². The molecule has 1 aromatic heterocycles. The zero-order chi connectivity index (χ0) is 17.8. The maximum atomic E-state index is 9.89. The highest BCUT2D eigenvalue weighted by molar-refractivity contribution is 7.07. The van der Waals surface area contributed by atoms with Crippen molar-refractivity contribution in [3.05, 3.63) is 33.6 Å². The minimum absolute atomic E-state index is 0.326. The van der Waals surface area contributed by atoms with Crippen LogP contribution in [-0.4, -0.2) is 32.8 Å². The van der Waals surface area contributed by atoms with Crippen molar-refractivity contribution in [2.45, 2.75) is 39.0 Å². The van der Waals surface area contributed by atoms with E-state index in [0.29, 0.717) is 11.5 Å². The Morgan fingerprint density at radius 2 is 1.92 bits per heavy atom. The highest BCUT2D eigenvalue weighted by Crippen LogP contribution is 2.36. The molecule has 1 heterocycles. The maximum absolute atomic E-state index is 9.89. The topological polar surface area (TPSA) is 90.3 Å². The number of rotatable bonds is 4.